The lowest BCUT2D eigenvalue weighted by molar-refractivity contribution is 0.190. The summed E-state index contributed by atoms with van der Waals surface area (Å²) in [7, 11) is 0. The van der Waals surface area contributed by atoms with Gasteiger partial charge in [0.25, 0.3) is 0 Å². The van der Waals surface area contributed by atoms with Gasteiger partial charge in [0.15, 0.2) is 0 Å². The molecule has 48 valence electrons. The molecule has 0 saturated carbocycles. The van der Waals surface area contributed by atoms with Gasteiger partial charge in [-0.25, -0.2) is 0 Å². The van der Waals surface area contributed by atoms with Crippen molar-refractivity contribution in [3.8, 4) is 0 Å². The Bertz CT molecular complexity index is 59.5. The third-order valence-corrected chi connectivity index (χ3v) is 1.42. The van der Waals surface area contributed by atoms with E-state index < -0.39 is 0 Å². The zero-order valence-electron chi connectivity index (χ0n) is 5.31. The zero-order chi connectivity index (χ0) is 5.82. The highest BCUT2D eigenvalue weighted by Crippen LogP contribution is 2.01. The molecule has 0 spiro atoms. The van der Waals surface area contributed by atoms with Gasteiger partial charge in [-0.1, -0.05) is 6.92 Å². The number of nitrogens with one attached hydrogen (secondary N) is 1. The second-order valence-corrected chi connectivity index (χ2v) is 2.12. The lowest BCUT2D eigenvalue weighted by atomic mass is 10.3. The lowest BCUT2D eigenvalue weighted by Gasteiger charge is -2.05. The van der Waals surface area contributed by atoms with Crippen LogP contribution in [0, 0.1) is 0 Å². The van der Waals surface area contributed by atoms with Gasteiger partial charge in [-0.2, -0.15) is 0 Å². The number of ether oxygens (including phenoxy) is 1. The summed E-state index contributed by atoms with van der Waals surface area (Å²) in [6.07, 6.45) is 1.19. The molecule has 1 saturated heterocycles. The Morgan fingerprint density at radius 2 is 2.62 bits per heavy atom. The fourth-order valence-electron chi connectivity index (χ4n) is 0.984. The number of hydrogen-bond donors (Lipinski definition) is 1. The van der Waals surface area contributed by atoms with Crippen molar-refractivity contribution in [2.45, 2.75) is 19.4 Å². The van der Waals surface area contributed by atoms with E-state index in [2.05, 4.69) is 12.2 Å². The third kappa shape index (κ3) is 1.46. The van der Waals surface area contributed by atoms with Gasteiger partial charge in [0.05, 0.1) is 6.61 Å². The summed E-state index contributed by atoms with van der Waals surface area (Å²) in [4.78, 5) is 0. The molecule has 1 N–H and O–H groups in total. The van der Waals surface area contributed by atoms with Crippen LogP contribution in [-0.4, -0.2) is 25.8 Å². The van der Waals surface area contributed by atoms with E-state index >= 15 is 0 Å². The van der Waals surface area contributed by atoms with E-state index in [1.807, 2.05) is 0 Å². The van der Waals surface area contributed by atoms with Gasteiger partial charge in [0.2, 0.25) is 0 Å². The van der Waals surface area contributed by atoms with Crippen LogP contribution in [0.1, 0.15) is 13.3 Å². The molecule has 2 heteroatoms. The average Bonchev–Trinajstić information content (AvgIpc) is 2.19. The second kappa shape index (κ2) is 3.05. The first kappa shape index (κ1) is 6.05. The van der Waals surface area contributed by atoms with Gasteiger partial charge < -0.3 is 10.1 Å². The van der Waals surface area contributed by atoms with Crippen LogP contribution in [0.15, 0.2) is 0 Å². The summed E-state index contributed by atoms with van der Waals surface area (Å²) in [6.45, 7) is 5.04. The highest BCUT2D eigenvalue weighted by atomic mass is 16.5. The molecule has 0 amide bonds. The highest BCUT2D eigenvalue weighted by Gasteiger charge is 2.12. The Morgan fingerprint density at radius 1 is 1.75 bits per heavy atom. The Hall–Kier alpha value is -0.0800. The van der Waals surface area contributed by atoms with Gasteiger partial charge in [0.1, 0.15) is 0 Å². The maximum absolute atomic E-state index is 5.15. The van der Waals surface area contributed by atoms with Crippen molar-refractivity contribution < 1.29 is 4.74 Å². The molecule has 1 rings (SSSR count). The zero-order valence-corrected chi connectivity index (χ0v) is 5.31. The standard InChI is InChI=1S/C6H13NO/c1-2-7-6-3-4-8-5-6/h6-7H,2-5H2,1H3/t6-/m0/s1. The summed E-state index contributed by atoms with van der Waals surface area (Å²) < 4.78 is 5.15. The van der Waals surface area contributed by atoms with Gasteiger partial charge in [-0.05, 0) is 13.0 Å². The van der Waals surface area contributed by atoms with Gasteiger partial charge in [-0.3, -0.25) is 0 Å². The molecule has 2 nitrogen and oxygen atoms in total. The van der Waals surface area contributed by atoms with E-state index in [4.69, 9.17) is 4.74 Å². The van der Waals surface area contributed by atoms with Crippen molar-refractivity contribution in [1.82, 2.24) is 5.32 Å². The molecular formula is C6H13NO. The largest absolute Gasteiger partial charge is 0.380 e. The average molecular weight is 115 g/mol. The Morgan fingerprint density at radius 3 is 3.12 bits per heavy atom. The summed E-state index contributed by atoms with van der Waals surface area (Å²) in [5.41, 5.74) is 0. The van der Waals surface area contributed by atoms with E-state index in [9.17, 15) is 0 Å². The van der Waals surface area contributed by atoms with Crippen molar-refractivity contribution in [2.75, 3.05) is 19.8 Å². The minimum absolute atomic E-state index is 0.639. The van der Waals surface area contributed by atoms with Crippen LogP contribution in [0.4, 0.5) is 0 Å². The SMILES string of the molecule is CCN[C@H]1CCOC1. The predicted octanol–water partition coefficient (Wildman–Crippen LogP) is 0.385. The molecule has 1 aliphatic heterocycles. The highest BCUT2D eigenvalue weighted by molar-refractivity contribution is 4.69. The summed E-state index contributed by atoms with van der Waals surface area (Å²) in [5, 5.41) is 3.32. The van der Waals surface area contributed by atoms with Crippen LogP contribution < -0.4 is 5.32 Å². The summed E-state index contributed by atoms with van der Waals surface area (Å²) in [6, 6.07) is 0.639. The normalized spacial score (nSPS) is 28.9. The first-order valence-corrected chi connectivity index (χ1v) is 3.24. The minimum Gasteiger partial charge on any atom is -0.380 e. The maximum atomic E-state index is 5.15. The van der Waals surface area contributed by atoms with Crippen molar-refractivity contribution in [2.24, 2.45) is 0 Å². The molecule has 0 aromatic heterocycles. The topological polar surface area (TPSA) is 21.3 Å². The molecule has 0 aromatic carbocycles. The fourth-order valence-corrected chi connectivity index (χ4v) is 0.984. The van der Waals surface area contributed by atoms with E-state index in [0.29, 0.717) is 6.04 Å². The monoisotopic (exact) mass is 115 g/mol. The van der Waals surface area contributed by atoms with Crippen LogP contribution in [0.3, 0.4) is 0 Å². The Kier molecular flexibility index (Phi) is 2.30. The molecule has 0 aromatic rings. The van der Waals surface area contributed by atoms with Gasteiger partial charge in [-0.15, -0.1) is 0 Å². The van der Waals surface area contributed by atoms with Crippen LogP contribution in [0.5, 0.6) is 0 Å². The van der Waals surface area contributed by atoms with Crippen molar-refractivity contribution >= 4 is 0 Å². The van der Waals surface area contributed by atoms with Crippen LogP contribution in [0.25, 0.3) is 0 Å². The summed E-state index contributed by atoms with van der Waals surface area (Å²) in [5.74, 6) is 0. The first-order chi connectivity index (χ1) is 3.93. The quantitative estimate of drug-likeness (QED) is 0.562. The second-order valence-electron chi connectivity index (χ2n) is 2.12. The van der Waals surface area contributed by atoms with E-state index in [1.54, 1.807) is 0 Å². The van der Waals surface area contributed by atoms with Crippen LogP contribution in [0.2, 0.25) is 0 Å². The van der Waals surface area contributed by atoms with Gasteiger partial charge >= 0.3 is 0 Å². The van der Waals surface area contributed by atoms with Crippen molar-refractivity contribution in [3.63, 3.8) is 0 Å². The van der Waals surface area contributed by atoms with E-state index in [1.165, 1.54) is 6.42 Å². The van der Waals surface area contributed by atoms with Crippen molar-refractivity contribution in [1.29, 1.82) is 0 Å². The van der Waals surface area contributed by atoms with Crippen LogP contribution >= 0.6 is 0 Å². The Balaban J connectivity index is 2.06. The van der Waals surface area contributed by atoms with E-state index in [-0.39, 0.29) is 0 Å². The molecule has 0 unspecified atom stereocenters. The minimum atomic E-state index is 0.639. The molecule has 1 atom stereocenters. The molecule has 0 aliphatic carbocycles. The lowest BCUT2D eigenvalue weighted by Crippen LogP contribution is -2.28. The molecule has 1 heterocycles. The molecule has 1 aliphatic rings. The molecule has 8 heavy (non-hydrogen) atoms. The van der Waals surface area contributed by atoms with E-state index in [0.717, 1.165) is 19.8 Å². The molecule has 0 bridgehead atoms. The third-order valence-electron chi connectivity index (χ3n) is 1.42. The summed E-state index contributed by atoms with van der Waals surface area (Å²) >= 11 is 0. The molecule has 1 fully saturated rings. The number of rotatable bonds is 2. The Labute approximate surface area is 50.2 Å². The molecule has 0 radical (unpaired) electrons. The van der Waals surface area contributed by atoms with Crippen molar-refractivity contribution in [3.05, 3.63) is 0 Å². The number of hydrogen-bond acceptors (Lipinski definition) is 2. The first-order valence-electron chi connectivity index (χ1n) is 3.24. The fraction of sp³-hybridized carbons (Fsp3) is 1.00. The number of likely N-dealkylation sites (N-methyl/N-ethyl adjacent to an activating group) is 1. The van der Waals surface area contributed by atoms with Crippen LogP contribution in [-0.2, 0) is 4.74 Å². The predicted molar refractivity (Wildman–Crippen MR) is 32.9 cm³/mol. The van der Waals surface area contributed by atoms with Gasteiger partial charge in [0, 0.05) is 12.6 Å². The maximum Gasteiger partial charge on any atom is 0.0620 e. The smallest absolute Gasteiger partial charge is 0.0620 e. The molecular weight excluding hydrogens is 102 g/mol.